The van der Waals surface area contributed by atoms with E-state index in [0.717, 1.165) is 19.3 Å². The van der Waals surface area contributed by atoms with Gasteiger partial charge in [-0.05, 0) is 33.1 Å². The zero-order chi connectivity index (χ0) is 18.2. The largest absolute Gasteiger partial charge is 0.396 e. The van der Waals surface area contributed by atoms with E-state index < -0.39 is 17.3 Å². The predicted molar refractivity (Wildman–Crippen MR) is 89.9 cm³/mol. The highest BCUT2D eigenvalue weighted by molar-refractivity contribution is 5.89. The van der Waals surface area contributed by atoms with E-state index in [1.54, 1.807) is 13.8 Å². The molecule has 0 aromatic rings. The van der Waals surface area contributed by atoms with Crippen molar-refractivity contribution in [3.8, 4) is 0 Å². The lowest BCUT2D eigenvalue weighted by Crippen LogP contribution is -2.55. The van der Waals surface area contributed by atoms with Crippen LogP contribution >= 0.6 is 0 Å². The highest BCUT2D eigenvalue weighted by Gasteiger charge is 2.45. The van der Waals surface area contributed by atoms with Crippen LogP contribution in [-0.2, 0) is 19.1 Å². The van der Waals surface area contributed by atoms with Crippen LogP contribution in [0.1, 0.15) is 47.0 Å². The van der Waals surface area contributed by atoms with Gasteiger partial charge in [-0.1, -0.05) is 13.8 Å². The Bertz CT molecular complexity index is 460. The summed E-state index contributed by atoms with van der Waals surface area (Å²) in [6.45, 7) is 8.45. The third-order valence-electron chi connectivity index (χ3n) is 3.74. The second kappa shape index (κ2) is 9.15. The number of hydrogen-bond donors (Lipinski definition) is 3. The molecule has 24 heavy (non-hydrogen) atoms. The number of carbonyl (C=O) groups is 2. The first-order valence-electron chi connectivity index (χ1n) is 8.35. The fraction of sp³-hybridized carbons (Fsp3) is 0.765. The first-order valence-corrected chi connectivity index (χ1v) is 8.35. The van der Waals surface area contributed by atoms with Gasteiger partial charge in [0.25, 0.3) is 5.91 Å². The molecule has 3 N–H and O–H groups in total. The summed E-state index contributed by atoms with van der Waals surface area (Å²) in [6, 6.07) is 0. The Hall–Kier alpha value is -1.44. The van der Waals surface area contributed by atoms with Gasteiger partial charge in [0.1, 0.15) is 6.10 Å². The van der Waals surface area contributed by atoms with E-state index >= 15 is 0 Å². The summed E-state index contributed by atoms with van der Waals surface area (Å²) in [6.07, 6.45) is 4.36. The molecule has 1 fully saturated rings. The maximum atomic E-state index is 12.3. The second-order valence-corrected chi connectivity index (χ2v) is 7.09. The molecule has 0 saturated carbocycles. The SMILES string of the molecule is CC1(C)OCC(C)(C)C(C(=O)NC=CC(=O)NCCCCCO)O1. The van der Waals surface area contributed by atoms with Gasteiger partial charge < -0.3 is 25.2 Å². The summed E-state index contributed by atoms with van der Waals surface area (Å²) in [5.74, 6) is -1.39. The lowest BCUT2D eigenvalue weighted by Gasteiger charge is -2.44. The van der Waals surface area contributed by atoms with Crippen molar-refractivity contribution in [2.75, 3.05) is 19.8 Å². The van der Waals surface area contributed by atoms with Crippen molar-refractivity contribution in [3.63, 3.8) is 0 Å². The molecule has 0 aromatic carbocycles. The van der Waals surface area contributed by atoms with E-state index in [4.69, 9.17) is 14.6 Å². The van der Waals surface area contributed by atoms with Gasteiger partial charge in [0, 0.05) is 30.8 Å². The summed E-state index contributed by atoms with van der Waals surface area (Å²) < 4.78 is 11.3. The number of nitrogens with one attached hydrogen (secondary N) is 2. The van der Waals surface area contributed by atoms with E-state index in [2.05, 4.69) is 10.6 Å². The summed E-state index contributed by atoms with van der Waals surface area (Å²) in [7, 11) is 0. The van der Waals surface area contributed by atoms with E-state index in [-0.39, 0.29) is 18.4 Å². The van der Waals surface area contributed by atoms with Gasteiger partial charge >= 0.3 is 0 Å². The minimum Gasteiger partial charge on any atom is -0.396 e. The number of aliphatic hydroxyl groups excluding tert-OH is 1. The van der Waals surface area contributed by atoms with Crippen molar-refractivity contribution >= 4 is 11.8 Å². The number of carbonyl (C=O) groups excluding carboxylic acids is 2. The van der Waals surface area contributed by atoms with Crippen molar-refractivity contribution in [2.24, 2.45) is 5.41 Å². The summed E-state index contributed by atoms with van der Waals surface area (Å²) in [5, 5.41) is 14.0. The van der Waals surface area contributed by atoms with Crippen LogP contribution in [0.15, 0.2) is 12.3 Å². The van der Waals surface area contributed by atoms with Crippen LogP contribution in [0.4, 0.5) is 0 Å². The third kappa shape index (κ3) is 6.98. The smallest absolute Gasteiger partial charge is 0.253 e. The molecule has 1 aliphatic rings. The molecule has 7 nitrogen and oxygen atoms in total. The quantitative estimate of drug-likeness (QED) is 0.453. The molecule has 2 amide bonds. The molecule has 0 bridgehead atoms. The highest BCUT2D eigenvalue weighted by atomic mass is 16.7. The Labute approximate surface area is 143 Å². The van der Waals surface area contributed by atoms with Crippen molar-refractivity contribution in [1.29, 1.82) is 0 Å². The number of rotatable bonds is 8. The molecule has 1 saturated heterocycles. The molecular weight excluding hydrogens is 312 g/mol. The fourth-order valence-electron chi connectivity index (χ4n) is 2.28. The molecule has 1 atom stereocenters. The van der Waals surface area contributed by atoms with Crippen LogP contribution in [0, 0.1) is 5.41 Å². The number of ether oxygens (including phenoxy) is 2. The molecular formula is C17H30N2O5. The number of aliphatic hydroxyl groups is 1. The molecule has 1 unspecified atom stereocenters. The van der Waals surface area contributed by atoms with Crippen LogP contribution in [-0.4, -0.2) is 48.6 Å². The lowest BCUT2D eigenvalue weighted by atomic mass is 9.85. The number of hydrogen-bond acceptors (Lipinski definition) is 5. The van der Waals surface area contributed by atoms with Crippen LogP contribution in [0.3, 0.4) is 0 Å². The molecule has 0 radical (unpaired) electrons. The first-order chi connectivity index (χ1) is 11.2. The van der Waals surface area contributed by atoms with Crippen molar-refractivity contribution in [2.45, 2.75) is 58.8 Å². The van der Waals surface area contributed by atoms with E-state index in [1.165, 1.54) is 12.3 Å². The summed E-state index contributed by atoms with van der Waals surface area (Å²) in [5.41, 5.74) is -0.456. The van der Waals surface area contributed by atoms with E-state index in [9.17, 15) is 9.59 Å². The van der Waals surface area contributed by atoms with E-state index in [0.29, 0.717) is 13.2 Å². The molecule has 138 valence electrons. The standard InChI is InChI=1S/C17H30N2O5/c1-16(2)12-23-17(3,4)24-14(16)15(22)19-10-8-13(21)18-9-6-5-7-11-20/h8,10,14,20H,5-7,9,11-12H2,1-4H3,(H,18,21)(H,19,22). The van der Waals surface area contributed by atoms with Gasteiger partial charge in [0.05, 0.1) is 6.61 Å². The maximum Gasteiger partial charge on any atom is 0.253 e. The Kier molecular flexibility index (Phi) is 7.86. The van der Waals surface area contributed by atoms with Gasteiger partial charge in [-0.3, -0.25) is 9.59 Å². The van der Waals surface area contributed by atoms with Gasteiger partial charge in [0.2, 0.25) is 5.91 Å². The molecule has 1 heterocycles. The minimum atomic E-state index is -0.812. The Morgan fingerprint density at radius 1 is 1.21 bits per heavy atom. The van der Waals surface area contributed by atoms with Gasteiger partial charge in [0.15, 0.2) is 5.79 Å². The van der Waals surface area contributed by atoms with Crippen molar-refractivity contribution < 1.29 is 24.2 Å². The normalized spacial score (nSPS) is 22.3. The Morgan fingerprint density at radius 3 is 2.58 bits per heavy atom. The van der Waals surface area contributed by atoms with Crippen LogP contribution in [0.2, 0.25) is 0 Å². The summed E-state index contributed by atoms with van der Waals surface area (Å²) >= 11 is 0. The highest BCUT2D eigenvalue weighted by Crippen LogP contribution is 2.34. The van der Waals surface area contributed by atoms with Gasteiger partial charge in [-0.15, -0.1) is 0 Å². The third-order valence-corrected chi connectivity index (χ3v) is 3.74. The zero-order valence-electron chi connectivity index (χ0n) is 15.1. The van der Waals surface area contributed by atoms with E-state index in [1.807, 2.05) is 13.8 Å². The lowest BCUT2D eigenvalue weighted by molar-refractivity contribution is -0.303. The zero-order valence-corrected chi connectivity index (χ0v) is 15.1. The van der Waals surface area contributed by atoms with Gasteiger partial charge in [-0.2, -0.15) is 0 Å². The first kappa shape index (κ1) is 20.6. The Balaban J connectivity index is 2.39. The molecule has 7 heteroatoms. The number of amides is 2. The Morgan fingerprint density at radius 2 is 1.92 bits per heavy atom. The van der Waals surface area contributed by atoms with Crippen LogP contribution in [0.25, 0.3) is 0 Å². The molecule has 0 spiro atoms. The van der Waals surface area contributed by atoms with Crippen LogP contribution < -0.4 is 10.6 Å². The van der Waals surface area contributed by atoms with Crippen molar-refractivity contribution in [1.82, 2.24) is 10.6 Å². The molecule has 1 rings (SSSR count). The van der Waals surface area contributed by atoms with Gasteiger partial charge in [-0.25, -0.2) is 0 Å². The monoisotopic (exact) mass is 342 g/mol. The molecule has 1 aliphatic heterocycles. The van der Waals surface area contributed by atoms with Crippen molar-refractivity contribution in [3.05, 3.63) is 12.3 Å². The topological polar surface area (TPSA) is 96.9 Å². The van der Waals surface area contributed by atoms with Crippen LogP contribution in [0.5, 0.6) is 0 Å². The number of unbranched alkanes of at least 4 members (excludes halogenated alkanes) is 2. The predicted octanol–water partition coefficient (Wildman–Crippen LogP) is 1.07. The minimum absolute atomic E-state index is 0.168. The molecule has 0 aromatic heterocycles. The molecule has 0 aliphatic carbocycles. The maximum absolute atomic E-state index is 12.3. The second-order valence-electron chi connectivity index (χ2n) is 7.09. The average Bonchev–Trinajstić information content (AvgIpc) is 2.50. The summed E-state index contributed by atoms with van der Waals surface area (Å²) in [4.78, 5) is 23.9. The fourth-order valence-corrected chi connectivity index (χ4v) is 2.28. The average molecular weight is 342 g/mol.